The highest BCUT2D eigenvalue weighted by molar-refractivity contribution is 7.80. The van der Waals surface area contributed by atoms with Crippen LogP contribution in [0.2, 0.25) is 5.02 Å². The molecule has 0 fully saturated rings. The van der Waals surface area contributed by atoms with Crippen LogP contribution in [0.3, 0.4) is 0 Å². The number of benzene rings is 1. The molecule has 0 radical (unpaired) electrons. The quantitative estimate of drug-likeness (QED) is 0.270. The molecule has 1 aromatic carbocycles. The third-order valence-electron chi connectivity index (χ3n) is 4.44. The molecule has 3 nitrogen and oxygen atoms in total. The second-order valence-electron chi connectivity index (χ2n) is 6.92. The number of rotatable bonds is 13. The SMILES string of the molecule is CCCCCCCCCCCCCC(=O)NC(=S)Nc1ccc(F)c(Cl)c1. The molecule has 0 atom stereocenters. The maximum Gasteiger partial charge on any atom is 0.226 e. The average molecular weight is 415 g/mol. The normalized spacial score (nSPS) is 10.6. The van der Waals surface area contributed by atoms with E-state index in [0.29, 0.717) is 12.1 Å². The monoisotopic (exact) mass is 414 g/mol. The lowest BCUT2D eigenvalue weighted by Gasteiger charge is -2.10. The summed E-state index contributed by atoms with van der Waals surface area (Å²) < 4.78 is 13.1. The Morgan fingerprint density at radius 3 is 2.11 bits per heavy atom. The van der Waals surface area contributed by atoms with E-state index in [2.05, 4.69) is 17.6 Å². The first-order valence-corrected chi connectivity index (χ1v) is 10.9. The van der Waals surface area contributed by atoms with Gasteiger partial charge in [0, 0.05) is 12.1 Å². The van der Waals surface area contributed by atoms with Crippen molar-refractivity contribution in [1.82, 2.24) is 5.32 Å². The summed E-state index contributed by atoms with van der Waals surface area (Å²) in [5, 5.41) is 5.68. The van der Waals surface area contributed by atoms with Gasteiger partial charge in [-0.1, -0.05) is 82.7 Å². The molecule has 152 valence electrons. The minimum absolute atomic E-state index is 0.00934. The Balaban J connectivity index is 2.02. The van der Waals surface area contributed by atoms with Crippen LogP contribution in [0.4, 0.5) is 10.1 Å². The molecule has 1 aromatic rings. The number of halogens is 2. The molecule has 1 rings (SSSR count). The van der Waals surface area contributed by atoms with Gasteiger partial charge in [-0.05, 0) is 36.8 Å². The van der Waals surface area contributed by atoms with E-state index in [9.17, 15) is 9.18 Å². The molecule has 0 aliphatic heterocycles. The number of carbonyl (C=O) groups is 1. The van der Waals surface area contributed by atoms with E-state index < -0.39 is 5.82 Å². The molecule has 6 heteroatoms. The lowest BCUT2D eigenvalue weighted by molar-refractivity contribution is -0.119. The highest BCUT2D eigenvalue weighted by atomic mass is 35.5. The maximum atomic E-state index is 13.1. The summed E-state index contributed by atoms with van der Waals surface area (Å²) in [4.78, 5) is 11.9. The topological polar surface area (TPSA) is 41.1 Å². The zero-order valence-corrected chi connectivity index (χ0v) is 17.9. The average Bonchev–Trinajstić information content (AvgIpc) is 2.62. The number of carbonyl (C=O) groups excluding carboxylic acids is 1. The van der Waals surface area contributed by atoms with E-state index in [1.165, 1.54) is 76.0 Å². The highest BCUT2D eigenvalue weighted by Gasteiger charge is 2.06. The molecule has 0 unspecified atom stereocenters. The van der Waals surface area contributed by atoms with Gasteiger partial charge in [-0.25, -0.2) is 4.39 Å². The Hall–Kier alpha value is -1.20. The predicted molar refractivity (Wildman–Crippen MR) is 117 cm³/mol. The van der Waals surface area contributed by atoms with E-state index in [0.717, 1.165) is 12.8 Å². The van der Waals surface area contributed by atoms with Crippen molar-refractivity contribution in [3.8, 4) is 0 Å². The Morgan fingerprint density at radius 2 is 1.56 bits per heavy atom. The largest absolute Gasteiger partial charge is 0.332 e. The minimum atomic E-state index is -0.492. The number of unbranched alkanes of at least 4 members (excludes halogenated alkanes) is 10. The Bertz CT molecular complexity index is 583. The van der Waals surface area contributed by atoms with E-state index in [4.69, 9.17) is 23.8 Å². The predicted octanol–water partition coefficient (Wildman–Crippen LogP) is 6.99. The lowest BCUT2D eigenvalue weighted by Crippen LogP contribution is -2.33. The summed E-state index contributed by atoms with van der Waals surface area (Å²) in [6, 6.07) is 4.20. The molecule has 0 bridgehead atoms. The van der Waals surface area contributed by atoms with Gasteiger partial charge in [0.25, 0.3) is 0 Å². The van der Waals surface area contributed by atoms with Crippen LogP contribution in [0.5, 0.6) is 0 Å². The van der Waals surface area contributed by atoms with Crippen molar-refractivity contribution in [2.24, 2.45) is 0 Å². The molecule has 0 saturated heterocycles. The van der Waals surface area contributed by atoms with Gasteiger partial charge in [-0.3, -0.25) is 4.79 Å². The van der Waals surface area contributed by atoms with Crippen molar-refractivity contribution in [3.63, 3.8) is 0 Å². The second kappa shape index (κ2) is 14.8. The van der Waals surface area contributed by atoms with Crippen molar-refractivity contribution in [3.05, 3.63) is 29.0 Å². The van der Waals surface area contributed by atoms with Gasteiger partial charge in [0.1, 0.15) is 5.82 Å². The second-order valence-corrected chi connectivity index (χ2v) is 7.73. The van der Waals surface area contributed by atoms with Gasteiger partial charge < -0.3 is 10.6 Å². The van der Waals surface area contributed by atoms with Gasteiger partial charge in [0.2, 0.25) is 5.91 Å². The molecular formula is C21H32ClFN2OS. The molecule has 2 N–H and O–H groups in total. The summed E-state index contributed by atoms with van der Waals surface area (Å²) in [5.74, 6) is -0.592. The van der Waals surface area contributed by atoms with Gasteiger partial charge in [0.05, 0.1) is 5.02 Å². The maximum absolute atomic E-state index is 13.1. The van der Waals surface area contributed by atoms with Gasteiger partial charge in [0.15, 0.2) is 5.11 Å². The van der Waals surface area contributed by atoms with Gasteiger partial charge in [-0.15, -0.1) is 0 Å². The Kier molecular flexibility index (Phi) is 13.1. The number of hydrogen-bond acceptors (Lipinski definition) is 2. The van der Waals surface area contributed by atoms with Crippen LogP contribution in [0, 0.1) is 5.82 Å². The standard InChI is InChI=1S/C21H32ClFN2OS/c1-2-3-4-5-6-7-8-9-10-11-12-13-20(26)25-21(27)24-17-14-15-19(23)18(22)16-17/h14-16H,2-13H2,1H3,(H2,24,25,26,27). The van der Waals surface area contributed by atoms with Crippen LogP contribution in [0.15, 0.2) is 18.2 Å². The first-order chi connectivity index (χ1) is 13.0. The number of hydrogen-bond donors (Lipinski definition) is 2. The summed E-state index contributed by atoms with van der Waals surface area (Å²) in [6.45, 7) is 2.24. The minimum Gasteiger partial charge on any atom is -0.332 e. The molecule has 0 aromatic heterocycles. The van der Waals surface area contributed by atoms with Crippen LogP contribution in [0.25, 0.3) is 0 Å². The number of anilines is 1. The summed E-state index contributed by atoms with van der Waals surface area (Å²) in [6.07, 6.45) is 14.2. The third kappa shape index (κ3) is 12.0. The first kappa shape index (κ1) is 23.8. The Labute approximate surface area is 173 Å². The summed E-state index contributed by atoms with van der Waals surface area (Å²) in [7, 11) is 0. The summed E-state index contributed by atoms with van der Waals surface area (Å²) in [5.41, 5.74) is 0.543. The fourth-order valence-corrected chi connectivity index (χ4v) is 3.29. The summed E-state index contributed by atoms with van der Waals surface area (Å²) >= 11 is 10.8. The fraction of sp³-hybridized carbons (Fsp3) is 0.619. The van der Waals surface area contributed by atoms with Crippen LogP contribution < -0.4 is 10.6 Å². The van der Waals surface area contributed by atoms with E-state index in [1.54, 1.807) is 0 Å². The molecule has 0 heterocycles. The number of amides is 1. The number of thiocarbonyl (C=S) groups is 1. The van der Waals surface area contributed by atoms with Crippen LogP contribution in [-0.4, -0.2) is 11.0 Å². The lowest BCUT2D eigenvalue weighted by atomic mass is 10.1. The zero-order valence-electron chi connectivity index (χ0n) is 16.3. The molecule has 1 amide bonds. The molecular weight excluding hydrogens is 383 g/mol. The zero-order chi connectivity index (χ0) is 19.9. The van der Waals surface area contributed by atoms with Crippen molar-refractivity contribution in [2.75, 3.05) is 5.32 Å². The third-order valence-corrected chi connectivity index (χ3v) is 4.93. The smallest absolute Gasteiger partial charge is 0.226 e. The van der Waals surface area contributed by atoms with Gasteiger partial charge >= 0.3 is 0 Å². The Morgan fingerprint density at radius 1 is 1.00 bits per heavy atom. The molecule has 0 aliphatic carbocycles. The molecule has 27 heavy (non-hydrogen) atoms. The van der Waals surface area contributed by atoms with E-state index in [1.807, 2.05) is 0 Å². The van der Waals surface area contributed by atoms with Crippen molar-refractivity contribution in [1.29, 1.82) is 0 Å². The molecule has 0 spiro atoms. The fourth-order valence-electron chi connectivity index (χ4n) is 2.88. The van der Waals surface area contributed by atoms with E-state index >= 15 is 0 Å². The molecule has 0 aliphatic rings. The van der Waals surface area contributed by atoms with Crippen molar-refractivity contribution >= 4 is 40.5 Å². The van der Waals surface area contributed by atoms with Crippen LogP contribution in [-0.2, 0) is 4.79 Å². The van der Waals surface area contributed by atoms with E-state index in [-0.39, 0.29) is 16.0 Å². The van der Waals surface area contributed by atoms with Gasteiger partial charge in [-0.2, -0.15) is 0 Å². The highest BCUT2D eigenvalue weighted by Crippen LogP contribution is 2.19. The number of nitrogens with one attached hydrogen (secondary N) is 2. The van der Waals surface area contributed by atoms with Crippen LogP contribution in [0.1, 0.15) is 84.0 Å². The van der Waals surface area contributed by atoms with Crippen molar-refractivity contribution < 1.29 is 9.18 Å². The first-order valence-electron chi connectivity index (χ1n) is 10.1. The van der Waals surface area contributed by atoms with Crippen molar-refractivity contribution in [2.45, 2.75) is 84.0 Å². The van der Waals surface area contributed by atoms with Crippen LogP contribution >= 0.6 is 23.8 Å². The molecule has 0 saturated carbocycles.